The van der Waals surface area contributed by atoms with Gasteiger partial charge in [0, 0.05) is 36.9 Å². The molecule has 0 saturated heterocycles. The molecule has 3 aromatic rings. The molecule has 138 valence electrons. The fourth-order valence-electron chi connectivity index (χ4n) is 1.83. The third-order valence-corrected chi connectivity index (χ3v) is 4.64. The van der Waals surface area contributed by atoms with E-state index >= 15 is 0 Å². The Balaban J connectivity index is 1.85. The van der Waals surface area contributed by atoms with Crippen LogP contribution in [0.1, 0.15) is 13.8 Å². The van der Waals surface area contributed by atoms with Gasteiger partial charge in [-0.2, -0.15) is 0 Å². The van der Waals surface area contributed by atoms with Gasteiger partial charge in [0.2, 0.25) is 5.95 Å². The molecule has 0 atom stereocenters. The molecule has 3 heterocycles. The van der Waals surface area contributed by atoms with Crippen LogP contribution in [0.3, 0.4) is 0 Å². The van der Waals surface area contributed by atoms with Gasteiger partial charge in [-0.3, -0.25) is 0 Å². The molecule has 0 aromatic carbocycles. The van der Waals surface area contributed by atoms with Gasteiger partial charge in [-0.05, 0) is 61.7 Å². The van der Waals surface area contributed by atoms with Gasteiger partial charge in [0.25, 0.3) is 0 Å². The Labute approximate surface area is 170 Å². The summed E-state index contributed by atoms with van der Waals surface area (Å²) < 4.78 is 0. The molecule has 0 bridgehead atoms. The summed E-state index contributed by atoms with van der Waals surface area (Å²) in [5, 5.41) is 9.13. The Kier molecular flexibility index (Phi) is 6.85. The maximum Gasteiger partial charge on any atom is 0.231 e. The first kappa shape index (κ1) is 19.4. The Bertz CT molecular complexity index is 833. The standard InChI is InChI=1S/C16H16N8S3/c1-10(2)21-14(25)24-13-22-11(26-15-17-5-3-6-18-15)9-12(23-13)27-16-19-7-4-8-20-16/h3-10H,1-2H3,(H2,21,22,23,24,25). The van der Waals surface area contributed by atoms with Crippen LogP contribution in [0.25, 0.3) is 0 Å². The van der Waals surface area contributed by atoms with E-state index in [4.69, 9.17) is 12.2 Å². The summed E-state index contributed by atoms with van der Waals surface area (Å²) in [6.07, 6.45) is 6.74. The van der Waals surface area contributed by atoms with Gasteiger partial charge in [-0.25, -0.2) is 29.9 Å². The Morgan fingerprint density at radius 2 is 1.37 bits per heavy atom. The van der Waals surface area contributed by atoms with Gasteiger partial charge in [0.15, 0.2) is 15.4 Å². The van der Waals surface area contributed by atoms with Crippen molar-refractivity contribution in [1.82, 2.24) is 35.2 Å². The molecule has 0 unspecified atom stereocenters. The van der Waals surface area contributed by atoms with Crippen LogP contribution in [-0.4, -0.2) is 41.1 Å². The summed E-state index contributed by atoms with van der Waals surface area (Å²) in [6, 6.07) is 5.57. The minimum atomic E-state index is 0.201. The molecule has 8 nitrogen and oxygen atoms in total. The predicted molar refractivity (Wildman–Crippen MR) is 109 cm³/mol. The average Bonchev–Trinajstić information content (AvgIpc) is 2.62. The van der Waals surface area contributed by atoms with E-state index in [9.17, 15) is 0 Å². The minimum Gasteiger partial charge on any atom is -0.360 e. The lowest BCUT2D eigenvalue weighted by Crippen LogP contribution is -2.34. The second-order valence-corrected chi connectivity index (χ2v) is 7.77. The summed E-state index contributed by atoms with van der Waals surface area (Å²) in [4.78, 5) is 25.9. The van der Waals surface area contributed by atoms with Crippen LogP contribution in [0.2, 0.25) is 0 Å². The van der Waals surface area contributed by atoms with Gasteiger partial charge < -0.3 is 10.6 Å². The Hall–Kier alpha value is -2.37. The van der Waals surface area contributed by atoms with Gasteiger partial charge in [-0.1, -0.05) is 0 Å². The van der Waals surface area contributed by atoms with E-state index in [1.165, 1.54) is 23.5 Å². The molecular weight excluding hydrogens is 400 g/mol. The molecule has 0 saturated carbocycles. The Morgan fingerprint density at radius 3 is 1.81 bits per heavy atom. The molecule has 0 fully saturated rings. The lowest BCUT2D eigenvalue weighted by atomic mass is 10.4. The number of nitrogens with one attached hydrogen (secondary N) is 2. The van der Waals surface area contributed by atoms with Crippen molar-refractivity contribution in [1.29, 1.82) is 0 Å². The van der Waals surface area contributed by atoms with Gasteiger partial charge in [0.05, 0.1) is 0 Å². The molecule has 0 amide bonds. The van der Waals surface area contributed by atoms with Crippen LogP contribution < -0.4 is 10.6 Å². The fourth-order valence-corrected chi connectivity index (χ4v) is 3.66. The number of anilines is 1. The lowest BCUT2D eigenvalue weighted by Gasteiger charge is -2.13. The second-order valence-electron chi connectivity index (χ2n) is 5.39. The lowest BCUT2D eigenvalue weighted by molar-refractivity contribution is 0.738. The topological polar surface area (TPSA) is 101 Å². The van der Waals surface area contributed by atoms with Crippen molar-refractivity contribution in [2.75, 3.05) is 5.32 Å². The Morgan fingerprint density at radius 1 is 0.889 bits per heavy atom. The van der Waals surface area contributed by atoms with E-state index in [0.29, 0.717) is 31.4 Å². The summed E-state index contributed by atoms with van der Waals surface area (Å²) >= 11 is 7.97. The molecule has 0 radical (unpaired) electrons. The van der Waals surface area contributed by atoms with Crippen molar-refractivity contribution in [3.63, 3.8) is 0 Å². The molecule has 0 aliphatic rings. The summed E-state index contributed by atoms with van der Waals surface area (Å²) in [5.41, 5.74) is 0. The van der Waals surface area contributed by atoms with Crippen molar-refractivity contribution in [2.24, 2.45) is 0 Å². The summed E-state index contributed by atoms with van der Waals surface area (Å²) in [7, 11) is 0. The molecule has 3 aromatic heterocycles. The first-order valence-electron chi connectivity index (χ1n) is 7.95. The normalized spacial score (nSPS) is 10.6. The van der Waals surface area contributed by atoms with E-state index < -0.39 is 0 Å². The second kappa shape index (κ2) is 9.53. The third-order valence-electron chi connectivity index (χ3n) is 2.80. The van der Waals surface area contributed by atoms with E-state index in [0.717, 1.165) is 0 Å². The molecule has 0 aliphatic heterocycles. The van der Waals surface area contributed by atoms with Crippen LogP contribution in [0.4, 0.5) is 5.95 Å². The molecule has 11 heteroatoms. The van der Waals surface area contributed by atoms with Gasteiger partial charge >= 0.3 is 0 Å². The highest BCUT2D eigenvalue weighted by Gasteiger charge is 2.11. The minimum absolute atomic E-state index is 0.201. The van der Waals surface area contributed by atoms with Crippen LogP contribution in [0.15, 0.2) is 63.4 Å². The molecule has 0 spiro atoms. The zero-order valence-corrected chi connectivity index (χ0v) is 17.0. The monoisotopic (exact) mass is 416 g/mol. The highest BCUT2D eigenvalue weighted by molar-refractivity contribution is 7.99. The molecule has 2 N–H and O–H groups in total. The van der Waals surface area contributed by atoms with Crippen molar-refractivity contribution in [2.45, 2.75) is 40.3 Å². The van der Waals surface area contributed by atoms with E-state index in [1.807, 2.05) is 19.9 Å². The van der Waals surface area contributed by atoms with E-state index in [1.54, 1.807) is 36.9 Å². The first-order valence-corrected chi connectivity index (χ1v) is 9.99. The van der Waals surface area contributed by atoms with Crippen molar-refractivity contribution >= 4 is 46.8 Å². The zero-order valence-electron chi connectivity index (χ0n) is 14.5. The molecule has 27 heavy (non-hydrogen) atoms. The third kappa shape index (κ3) is 6.38. The number of aromatic nitrogens is 6. The number of nitrogens with zero attached hydrogens (tertiary/aromatic N) is 6. The van der Waals surface area contributed by atoms with Crippen LogP contribution >= 0.6 is 35.7 Å². The van der Waals surface area contributed by atoms with Crippen LogP contribution in [0.5, 0.6) is 0 Å². The summed E-state index contributed by atoms with van der Waals surface area (Å²) in [5.74, 6) is 0.382. The molecular formula is C16H16N8S3. The van der Waals surface area contributed by atoms with E-state index in [2.05, 4.69) is 40.5 Å². The quantitative estimate of drug-likeness (QED) is 0.352. The maximum atomic E-state index is 5.29. The van der Waals surface area contributed by atoms with Crippen molar-refractivity contribution in [3.05, 3.63) is 43.0 Å². The zero-order chi connectivity index (χ0) is 19.1. The van der Waals surface area contributed by atoms with Gasteiger partial charge in [-0.15, -0.1) is 0 Å². The summed E-state index contributed by atoms with van der Waals surface area (Å²) in [6.45, 7) is 4.00. The van der Waals surface area contributed by atoms with Crippen LogP contribution in [0, 0.1) is 0 Å². The average molecular weight is 417 g/mol. The van der Waals surface area contributed by atoms with Crippen molar-refractivity contribution in [3.8, 4) is 0 Å². The first-order chi connectivity index (χ1) is 13.1. The smallest absolute Gasteiger partial charge is 0.231 e. The molecule has 3 rings (SSSR count). The van der Waals surface area contributed by atoms with Gasteiger partial charge in [0.1, 0.15) is 10.1 Å². The SMILES string of the molecule is CC(C)NC(=S)Nc1nc(Sc2ncccn2)cc(Sc2ncccn2)n1. The highest BCUT2D eigenvalue weighted by Crippen LogP contribution is 2.29. The van der Waals surface area contributed by atoms with Crippen molar-refractivity contribution < 1.29 is 0 Å². The van der Waals surface area contributed by atoms with Crippen LogP contribution in [-0.2, 0) is 0 Å². The highest BCUT2D eigenvalue weighted by atomic mass is 32.2. The molecule has 0 aliphatic carbocycles. The number of hydrogen-bond acceptors (Lipinski definition) is 9. The predicted octanol–water partition coefficient (Wildman–Crippen LogP) is 3.05. The fraction of sp³-hybridized carbons (Fsp3) is 0.188. The number of hydrogen-bond donors (Lipinski definition) is 2. The maximum absolute atomic E-state index is 5.29. The largest absolute Gasteiger partial charge is 0.360 e. The number of rotatable bonds is 6. The van der Waals surface area contributed by atoms with E-state index in [-0.39, 0.29) is 6.04 Å². The number of thiocarbonyl (C=S) groups is 1.